The number of likely N-dealkylation sites (tertiary alicyclic amines) is 1. The normalized spacial score (nSPS) is 23.5. The Labute approximate surface area is 151 Å². The van der Waals surface area contributed by atoms with Crippen LogP contribution in [-0.4, -0.2) is 44.6 Å². The zero-order valence-electron chi connectivity index (χ0n) is 15.0. The molecule has 6 heteroatoms. The third kappa shape index (κ3) is 4.17. The second kappa shape index (κ2) is 7.77. The molecule has 0 saturated carbocycles. The molecule has 0 aliphatic carbocycles. The van der Waals surface area contributed by atoms with Crippen LogP contribution in [0.15, 0.2) is 24.3 Å². The second-order valence-corrected chi connectivity index (χ2v) is 9.18. The number of hydrogen-bond donors (Lipinski definition) is 0. The minimum absolute atomic E-state index is 0.0629. The maximum atomic E-state index is 12.8. The Bertz CT molecular complexity index is 700. The molecule has 1 unspecified atom stereocenters. The molecule has 0 spiro atoms. The van der Waals surface area contributed by atoms with Gasteiger partial charge in [-0.2, -0.15) is 0 Å². The van der Waals surface area contributed by atoms with Gasteiger partial charge in [-0.15, -0.1) is 0 Å². The van der Waals surface area contributed by atoms with E-state index in [-0.39, 0.29) is 11.7 Å². The van der Waals surface area contributed by atoms with Crippen LogP contribution in [0.4, 0.5) is 5.69 Å². The van der Waals surface area contributed by atoms with E-state index in [1.165, 1.54) is 23.6 Å². The lowest BCUT2D eigenvalue weighted by Gasteiger charge is -2.22. The zero-order valence-corrected chi connectivity index (χ0v) is 15.8. The lowest BCUT2D eigenvalue weighted by atomic mass is 9.96. The molecule has 5 nitrogen and oxygen atoms in total. The van der Waals surface area contributed by atoms with Gasteiger partial charge >= 0.3 is 0 Å². The van der Waals surface area contributed by atoms with E-state index in [2.05, 4.69) is 6.92 Å². The van der Waals surface area contributed by atoms with Crippen LogP contribution in [0.25, 0.3) is 0 Å². The molecule has 3 rings (SSSR count). The number of benzene rings is 1. The lowest BCUT2D eigenvalue weighted by molar-refractivity contribution is 0.0760. The van der Waals surface area contributed by atoms with Gasteiger partial charge in [0.25, 0.3) is 5.91 Å². The first-order valence-electron chi connectivity index (χ1n) is 9.41. The van der Waals surface area contributed by atoms with Crippen LogP contribution < -0.4 is 4.31 Å². The van der Waals surface area contributed by atoms with Crippen molar-refractivity contribution >= 4 is 21.6 Å². The summed E-state index contributed by atoms with van der Waals surface area (Å²) in [7, 11) is -3.17. The van der Waals surface area contributed by atoms with Gasteiger partial charge < -0.3 is 4.90 Å². The first-order valence-corrected chi connectivity index (χ1v) is 11.0. The number of carbonyl (C=O) groups excluding carboxylic acids is 1. The predicted molar refractivity (Wildman–Crippen MR) is 100 cm³/mol. The first-order chi connectivity index (χ1) is 12.0. The Balaban J connectivity index is 1.67. The van der Waals surface area contributed by atoms with Crippen LogP contribution in [-0.2, 0) is 10.0 Å². The number of anilines is 1. The van der Waals surface area contributed by atoms with Crippen LogP contribution >= 0.6 is 0 Å². The number of amides is 1. The number of hydrogen-bond acceptors (Lipinski definition) is 3. The average molecular weight is 365 g/mol. The van der Waals surface area contributed by atoms with E-state index in [9.17, 15) is 13.2 Å². The van der Waals surface area contributed by atoms with Gasteiger partial charge in [-0.05, 0) is 55.9 Å². The second-order valence-electron chi connectivity index (χ2n) is 7.17. The summed E-state index contributed by atoms with van der Waals surface area (Å²) in [4.78, 5) is 14.7. The van der Waals surface area contributed by atoms with Crippen molar-refractivity contribution in [1.29, 1.82) is 0 Å². The highest BCUT2D eigenvalue weighted by atomic mass is 32.2. The van der Waals surface area contributed by atoms with Crippen molar-refractivity contribution < 1.29 is 13.2 Å². The molecule has 1 aromatic carbocycles. The predicted octanol–water partition coefficient (Wildman–Crippen LogP) is 3.27. The van der Waals surface area contributed by atoms with Gasteiger partial charge in [0.05, 0.1) is 11.4 Å². The van der Waals surface area contributed by atoms with Gasteiger partial charge in [-0.3, -0.25) is 9.10 Å². The van der Waals surface area contributed by atoms with Crippen molar-refractivity contribution in [2.24, 2.45) is 5.92 Å². The first kappa shape index (κ1) is 18.2. The maximum absolute atomic E-state index is 12.8. The van der Waals surface area contributed by atoms with E-state index >= 15 is 0 Å². The van der Waals surface area contributed by atoms with Gasteiger partial charge in [0.2, 0.25) is 10.0 Å². The zero-order chi connectivity index (χ0) is 17.9. The third-order valence-corrected chi connectivity index (χ3v) is 7.20. The quantitative estimate of drug-likeness (QED) is 0.824. The van der Waals surface area contributed by atoms with Gasteiger partial charge in [0.15, 0.2) is 0 Å². The monoisotopic (exact) mass is 364 g/mol. The van der Waals surface area contributed by atoms with Gasteiger partial charge in [-0.25, -0.2) is 8.42 Å². The summed E-state index contributed by atoms with van der Waals surface area (Å²) in [5.41, 5.74) is 1.31. The summed E-state index contributed by atoms with van der Waals surface area (Å²) in [5, 5.41) is 0. The number of rotatable bonds is 4. The van der Waals surface area contributed by atoms with Gasteiger partial charge in [-0.1, -0.05) is 19.8 Å². The fourth-order valence-electron chi connectivity index (χ4n) is 3.95. The summed E-state index contributed by atoms with van der Waals surface area (Å²) in [6.07, 6.45) is 6.49. The van der Waals surface area contributed by atoms with E-state index in [1.54, 1.807) is 24.3 Å². The Hall–Kier alpha value is -1.56. The molecule has 1 aromatic rings. The highest BCUT2D eigenvalue weighted by Crippen LogP contribution is 2.26. The van der Waals surface area contributed by atoms with Crippen molar-refractivity contribution in [3.05, 3.63) is 29.8 Å². The molecular formula is C19H28N2O3S. The van der Waals surface area contributed by atoms with E-state index in [0.717, 1.165) is 31.8 Å². The Morgan fingerprint density at radius 1 is 1.08 bits per heavy atom. The van der Waals surface area contributed by atoms with Crippen LogP contribution in [0.3, 0.4) is 0 Å². The summed E-state index contributed by atoms with van der Waals surface area (Å²) in [5.74, 6) is 1.01. The average Bonchev–Trinajstić information content (AvgIpc) is 2.81. The van der Waals surface area contributed by atoms with Crippen molar-refractivity contribution in [3.63, 3.8) is 0 Å². The standard InChI is InChI=1S/C19H28N2O3S/c1-2-5-16-6-3-12-20(14-11-16)19(22)17-7-9-18(10-8-17)21-13-4-15-25(21,23)24/h7-10,16H,2-6,11-15H2,1H3. The van der Waals surface area contributed by atoms with Crippen molar-refractivity contribution in [2.75, 3.05) is 29.7 Å². The Kier molecular flexibility index (Phi) is 5.67. The molecule has 2 saturated heterocycles. The molecule has 2 aliphatic rings. The molecule has 1 amide bonds. The molecule has 2 fully saturated rings. The minimum atomic E-state index is -3.17. The van der Waals surface area contributed by atoms with Crippen LogP contribution in [0, 0.1) is 5.92 Å². The number of sulfonamides is 1. The number of nitrogens with zero attached hydrogens (tertiary/aromatic N) is 2. The van der Waals surface area contributed by atoms with Crippen LogP contribution in [0.1, 0.15) is 55.8 Å². The van der Waals surface area contributed by atoms with E-state index in [4.69, 9.17) is 0 Å². The Morgan fingerprint density at radius 3 is 2.48 bits per heavy atom. The summed E-state index contributed by atoms with van der Waals surface area (Å²) in [6, 6.07) is 7.04. The smallest absolute Gasteiger partial charge is 0.253 e. The summed E-state index contributed by atoms with van der Waals surface area (Å²) < 4.78 is 25.4. The third-order valence-electron chi connectivity index (χ3n) is 5.33. The molecule has 25 heavy (non-hydrogen) atoms. The fraction of sp³-hybridized carbons (Fsp3) is 0.632. The van der Waals surface area contributed by atoms with E-state index < -0.39 is 10.0 Å². The van der Waals surface area contributed by atoms with Crippen molar-refractivity contribution in [1.82, 2.24) is 4.90 Å². The lowest BCUT2D eigenvalue weighted by Crippen LogP contribution is -2.32. The molecule has 0 N–H and O–H groups in total. The molecule has 2 aliphatic heterocycles. The van der Waals surface area contributed by atoms with E-state index in [1.807, 2.05) is 4.90 Å². The molecule has 0 aromatic heterocycles. The van der Waals surface area contributed by atoms with Crippen LogP contribution in [0.2, 0.25) is 0 Å². The highest BCUT2D eigenvalue weighted by Gasteiger charge is 2.28. The van der Waals surface area contributed by atoms with Crippen LogP contribution in [0.5, 0.6) is 0 Å². The van der Waals surface area contributed by atoms with E-state index in [0.29, 0.717) is 24.2 Å². The summed E-state index contributed by atoms with van der Waals surface area (Å²) in [6.45, 7) is 4.39. The largest absolute Gasteiger partial charge is 0.339 e. The SMILES string of the molecule is CCCC1CCCN(C(=O)c2ccc(N3CCCS3(=O)=O)cc2)CC1. The molecule has 138 valence electrons. The molecule has 0 bridgehead atoms. The maximum Gasteiger partial charge on any atom is 0.253 e. The van der Waals surface area contributed by atoms with Gasteiger partial charge in [0, 0.05) is 25.2 Å². The highest BCUT2D eigenvalue weighted by molar-refractivity contribution is 7.93. The minimum Gasteiger partial charge on any atom is -0.339 e. The topological polar surface area (TPSA) is 57.7 Å². The molecule has 0 radical (unpaired) electrons. The Morgan fingerprint density at radius 2 is 1.84 bits per heavy atom. The molecule has 2 heterocycles. The fourth-order valence-corrected chi connectivity index (χ4v) is 5.51. The molecule has 1 atom stereocenters. The number of carbonyl (C=O) groups is 1. The van der Waals surface area contributed by atoms with Crippen molar-refractivity contribution in [2.45, 2.75) is 45.4 Å². The summed E-state index contributed by atoms with van der Waals surface area (Å²) >= 11 is 0. The van der Waals surface area contributed by atoms with Crippen molar-refractivity contribution in [3.8, 4) is 0 Å². The van der Waals surface area contributed by atoms with Gasteiger partial charge in [0.1, 0.15) is 0 Å². The molecular weight excluding hydrogens is 336 g/mol.